The van der Waals surface area contributed by atoms with Crippen LogP contribution >= 0.6 is 12.4 Å². The summed E-state index contributed by atoms with van der Waals surface area (Å²) in [5.74, 6) is 0.842. The summed E-state index contributed by atoms with van der Waals surface area (Å²) < 4.78 is 8.16. The number of hydrogen-bond donors (Lipinski definition) is 1. The molecular formula is C26H29ClN2O2. The minimum atomic E-state index is -0.535. The fourth-order valence-electron chi connectivity index (χ4n) is 3.91. The highest BCUT2D eigenvalue weighted by molar-refractivity contribution is 5.85. The van der Waals surface area contributed by atoms with Gasteiger partial charge < -0.3 is 19.3 Å². The van der Waals surface area contributed by atoms with E-state index in [0.717, 1.165) is 27.8 Å². The molecule has 0 amide bonds. The van der Waals surface area contributed by atoms with Crippen molar-refractivity contribution in [3.05, 3.63) is 102 Å². The summed E-state index contributed by atoms with van der Waals surface area (Å²) in [5.41, 5.74) is 3.31. The third-order valence-corrected chi connectivity index (χ3v) is 5.30. The van der Waals surface area contributed by atoms with Crippen molar-refractivity contribution in [2.75, 3.05) is 20.6 Å². The van der Waals surface area contributed by atoms with Crippen LogP contribution in [0.25, 0.3) is 10.9 Å². The second-order valence-electron chi connectivity index (χ2n) is 7.90. The minimum absolute atomic E-state index is 0. The second kappa shape index (κ2) is 10.5. The average molecular weight is 437 g/mol. The standard InChI is InChI=1S/C26H28N2O2.ClH/c1-27(2)18-25(29)26(21-11-7-4-8-12-21)28-16-15-22-17-23(13-14-24(22)28)30-19-20-9-5-3-6-10-20;/h3-17,25-26,29H,18-19H2,1-2H3;1H/t25-,26+;/m1./s1. The zero-order valence-corrected chi connectivity index (χ0v) is 18.7. The number of aliphatic hydroxyl groups excluding tert-OH is 1. The van der Waals surface area contributed by atoms with Crippen molar-refractivity contribution in [3.63, 3.8) is 0 Å². The Kier molecular flexibility index (Phi) is 7.75. The first kappa shape index (κ1) is 22.9. The number of ether oxygens (including phenoxy) is 1. The third kappa shape index (κ3) is 5.47. The Bertz CT molecular complexity index is 1080. The average Bonchev–Trinajstić information content (AvgIpc) is 3.16. The van der Waals surface area contributed by atoms with Gasteiger partial charge in [-0.05, 0) is 49.5 Å². The molecule has 0 fully saturated rings. The van der Waals surface area contributed by atoms with Gasteiger partial charge in [0.25, 0.3) is 0 Å². The van der Waals surface area contributed by atoms with E-state index in [9.17, 15) is 5.11 Å². The SMILES string of the molecule is CN(C)C[C@@H](O)[C@H](c1ccccc1)n1ccc2cc(OCc3ccccc3)ccc21.Cl. The van der Waals surface area contributed by atoms with Crippen molar-refractivity contribution >= 4 is 23.3 Å². The van der Waals surface area contributed by atoms with E-state index in [2.05, 4.69) is 53.2 Å². The van der Waals surface area contributed by atoms with Gasteiger partial charge in [-0.3, -0.25) is 0 Å². The smallest absolute Gasteiger partial charge is 0.120 e. The minimum Gasteiger partial charge on any atom is -0.489 e. The van der Waals surface area contributed by atoms with E-state index >= 15 is 0 Å². The number of benzene rings is 3. The fourth-order valence-corrected chi connectivity index (χ4v) is 3.91. The molecule has 0 bridgehead atoms. The van der Waals surface area contributed by atoms with Gasteiger partial charge in [-0.15, -0.1) is 12.4 Å². The van der Waals surface area contributed by atoms with E-state index in [1.807, 2.05) is 61.5 Å². The van der Waals surface area contributed by atoms with Gasteiger partial charge in [-0.2, -0.15) is 0 Å². The number of aromatic nitrogens is 1. The Balaban J connectivity index is 0.00000272. The Labute approximate surface area is 190 Å². The maximum absolute atomic E-state index is 11.0. The molecule has 31 heavy (non-hydrogen) atoms. The fraction of sp³-hybridized carbons (Fsp3) is 0.231. The van der Waals surface area contributed by atoms with Crippen molar-refractivity contribution < 1.29 is 9.84 Å². The maximum atomic E-state index is 11.0. The summed E-state index contributed by atoms with van der Waals surface area (Å²) in [4.78, 5) is 2.02. The first-order chi connectivity index (χ1) is 14.6. The molecule has 0 unspecified atom stereocenters. The van der Waals surface area contributed by atoms with Gasteiger partial charge in [0.15, 0.2) is 0 Å². The quantitative estimate of drug-likeness (QED) is 0.415. The molecular weight excluding hydrogens is 408 g/mol. The molecule has 4 rings (SSSR count). The van der Waals surface area contributed by atoms with E-state index in [1.165, 1.54) is 0 Å². The lowest BCUT2D eigenvalue weighted by molar-refractivity contribution is 0.101. The molecule has 1 aromatic heterocycles. The van der Waals surface area contributed by atoms with Crippen LogP contribution in [0.1, 0.15) is 17.2 Å². The summed E-state index contributed by atoms with van der Waals surface area (Å²) in [6.07, 6.45) is 1.52. The Morgan fingerprint density at radius 3 is 2.26 bits per heavy atom. The lowest BCUT2D eigenvalue weighted by Gasteiger charge is -2.28. The van der Waals surface area contributed by atoms with Crippen LogP contribution < -0.4 is 4.74 Å². The molecule has 0 saturated heterocycles. The molecule has 1 heterocycles. The summed E-state index contributed by atoms with van der Waals surface area (Å²) in [5, 5.41) is 12.1. The lowest BCUT2D eigenvalue weighted by atomic mass is 10.0. The number of fused-ring (bicyclic) bond motifs is 1. The highest BCUT2D eigenvalue weighted by Gasteiger charge is 2.24. The number of likely N-dealkylation sites (N-methyl/N-ethyl adjacent to an activating group) is 1. The number of rotatable bonds is 8. The molecule has 0 aliphatic carbocycles. The van der Waals surface area contributed by atoms with E-state index in [-0.39, 0.29) is 18.4 Å². The molecule has 0 spiro atoms. The molecule has 162 valence electrons. The van der Waals surface area contributed by atoms with Crippen LogP contribution in [0.2, 0.25) is 0 Å². The van der Waals surface area contributed by atoms with Crippen molar-refractivity contribution in [1.29, 1.82) is 0 Å². The molecule has 4 nitrogen and oxygen atoms in total. The highest BCUT2D eigenvalue weighted by Crippen LogP contribution is 2.30. The van der Waals surface area contributed by atoms with Gasteiger partial charge in [-0.25, -0.2) is 0 Å². The van der Waals surface area contributed by atoms with E-state index in [1.54, 1.807) is 0 Å². The zero-order valence-electron chi connectivity index (χ0n) is 17.9. The Hall–Kier alpha value is -2.79. The predicted molar refractivity (Wildman–Crippen MR) is 129 cm³/mol. The van der Waals surface area contributed by atoms with E-state index in [0.29, 0.717) is 13.2 Å². The van der Waals surface area contributed by atoms with E-state index in [4.69, 9.17) is 4.74 Å². The molecule has 2 atom stereocenters. The highest BCUT2D eigenvalue weighted by atomic mass is 35.5. The zero-order chi connectivity index (χ0) is 20.9. The number of hydrogen-bond acceptors (Lipinski definition) is 3. The molecule has 1 N–H and O–H groups in total. The van der Waals surface area contributed by atoms with Crippen LogP contribution in [0.15, 0.2) is 91.1 Å². The second-order valence-corrected chi connectivity index (χ2v) is 7.90. The van der Waals surface area contributed by atoms with Crippen LogP contribution in [-0.4, -0.2) is 41.3 Å². The molecule has 0 aliphatic heterocycles. The van der Waals surface area contributed by atoms with Crippen LogP contribution in [0.4, 0.5) is 0 Å². The summed E-state index contributed by atoms with van der Waals surface area (Å²) in [7, 11) is 3.96. The number of halogens is 1. The van der Waals surface area contributed by atoms with Gasteiger partial charge in [0, 0.05) is 23.6 Å². The van der Waals surface area contributed by atoms with Crippen molar-refractivity contribution in [2.24, 2.45) is 0 Å². The van der Waals surface area contributed by atoms with Crippen LogP contribution in [0.5, 0.6) is 5.75 Å². The predicted octanol–water partition coefficient (Wildman–Crippen LogP) is 5.15. The first-order valence-corrected chi connectivity index (χ1v) is 10.3. The molecule has 0 aliphatic rings. The number of aliphatic hydroxyl groups is 1. The lowest BCUT2D eigenvalue weighted by Crippen LogP contribution is -2.34. The van der Waals surface area contributed by atoms with Crippen molar-refractivity contribution in [3.8, 4) is 5.75 Å². The summed E-state index contributed by atoms with van der Waals surface area (Å²) in [6, 6.07) is 28.4. The maximum Gasteiger partial charge on any atom is 0.120 e. The van der Waals surface area contributed by atoms with Gasteiger partial charge in [0.05, 0.1) is 12.1 Å². The molecule has 0 radical (unpaired) electrons. The molecule has 0 saturated carbocycles. The summed E-state index contributed by atoms with van der Waals surface area (Å²) in [6.45, 7) is 1.12. The number of nitrogens with zero attached hydrogens (tertiary/aromatic N) is 2. The molecule has 4 aromatic rings. The van der Waals surface area contributed by atoms with Crippen molar-refractivity contribution in [1.82, 2.24) is 9.47 Å². The van der Waals surface area contributed by atoms with Crippen LogP contribution in [0, 0.1) is 0 Å². The van der Waals surface area contributed by atoms with E-state index < -0.39 is 6.10 Å². The third-order valence-electron chi connectivity index (χ3n) is 5.30. The van der Waals surface area contributed by atoms with Gasteiger partial charge >= 0.3 is 0 Å². The summed E-state index contributed by atoms with van der Waals surface area (Å²) >= 11 is 0. The van der Waals surface area contributed by atoms with Crippen LogP contribution in [0.3, 0.4) is 0 Å². The Morgan fingerprint density at radius 1 is 0.903 bits per heavy atom. The normalized spacial score (nSPS) is 13.0. The van der Waals surface area contributed by atoms with Gasteiger partial charge in [0.1, 0.15) is 12.4 Å². The van der Waals surface area contributed by atoms with Crippen molar-refractivity contribution in [2.45, 2.75) is 18.8 Å². The monoisotopic (exact) mass is 436 g/mol. The molecule has 5 heteroatoms. The van der Waals surface area contributed by atoms with Gasteiger partial charge in [0.2, 0.25) is 0 Å². The van der Waals surface area contributed by atoms with Crippen LogP contribution in [-0.2, 0) is 6.61 Å². The largest absolute Gasteiger partial charge is 0.489 e. The first-order valence-electron chi connectivity index (χ1n) is 10.3. The molecule has 3 aromatic carbocycles. The Morgan fingerprint density at radius 2 is 1.58 bits per heavy atom. The topological polar surface area (TPSA) is 37.6 Å². The van der Waals surface area contributed by atoms with Gasteiger partial charge in [-0.1, -0.05) is 60.7 Å².